The first kappa shape index (κ1) is 28.2. The van der Waals surface area contributed by atoms with Crippen LogP contribution in [0.25, 0.3) is 11.0 Å². The molecule has 10 nitrogen and oxygen atoms in total. The first-order valence-electron chi connectivity index (χ1n) is 11.7. The average Bonchev–Trinajstić information content (AvgIpc) is 2.90. The summed E-state index contributed by atoms with van der Waals surface area (Å²) < 4.78 is 46.0. The maximum Gasteiger partial charge on any atom is 0.254 e. The highest BCUT2D eigenvalue weighted by Gasteiger charge is 2.23. The van der Waals surface area contributed by atoms with Gasteiger partial charge in [0, 0.05) is 19.2 Å². The molecule has 4 aromatic rings. The number of fused-ring (bicyclic) bond motifs is 1. The van der Waals surface area contributed by atoms with Crippen LogP contribution in [0.15, 0.2) is 60.7 Å². The van der Waals surface area contributed by atoms with Crippen LogP contribution in [0.3, 0.4) is 0 Å². The Bertz CT molecular complexity index is 1540. The van der Waals surface area contributed by atoms with Crippen LogP contribution in [0.4, 0.5) is 27.4 Å². The number of rotatable bonds is 10. The van der Waals surface area contributed by atoms with Gasteiger partial charge in [0.25, 0.3) is 5.91 Å². The summed E-state index contributed by atoms with van der Waals surface area (Å²) in [7, 11) is 5.17. The van der Waals surface area contributed by atoms with E-state index in [-0.39, 0.29) is 29.4 Å². The Morgan fingerprint density at radius 1 is 1.10 bits per heavy atom. The number of anilines is 4. The number of amides is 1. The molecule has 0 fully saturated rings. The number of hydrogen-bond donors (Lipinski definition) is 2. The van der Waals surface area contributed by atoms with Crippen molar-refractivity contribution < 1.29 is 22.7 Å². The van der Waals surface area contributed by atoms with Gasteiger partial charge in [-0.15, -0.1) is 0 Å². The Kier molecular flexibility index (Phi) is 8.92. The number of carbonyl (C=O) groups is 1. The van der Waals surface area contributed by atoms with Crippen LogP contribution in [0, 0.1) is 5.82 Å². The molecule has 13 heteroatoms. The fraction of sp³-hybridized carbons (Fsp3) is 0.192. The first-order chi connectivity index (χ1) is 18.7. The van der Waals surface area contributed by atoms with Gasteiger partial charge in [0.05, 0.1) is 51.4 Å². The van der Waals surface area contributed by atoms with Crippen LogP contribution >= 0.6 is 11.6 Å². The zero-order valence-electron chi connectivity index (χ0n) is 21.3. The second-order valence-electron chi connectivity index (χ2n) is 8.59. The lowest BCUT2D eigenvalue weighted by molar-refractivity contribution is 0.0947. The molecule has 0 saturated heterocycles. The van der Waals surface area contributed by atoms with E-state index in [1.54, 1.807) is 42.5 Å². The number of carbonyl (C=O) groups excluding carboxylic acids is 1. The molecule has 204 valence electrons. The van der Waals surface area contributed by atoms with Gasteiger partial charge in [0.1, 0.15) is 11.6 Å². The van der Waals surface area contributed by atoms with Gasteiger partial charge in [-0.3, -0.25) is 13.3 Å². The standard InChI is InChI=1S/C26H26ClFN6O4S/c1-33(2)13-12-29-26(35)18-14-16(8-11-20(18)28)34(39(36)37)25-24(30-21-6-4-5-7-22(21)32-25)31-23-15-17(38-3)9-10-19(23)27/h4-11,14-15H,12-13H2,1-3H3,(H,29,35)(H,30,31)(H,36,37)/p-1. The molecule has 1 aromatic heterocycles. The minimum Gasteiger partial charge on any atom is -0.755 e. The summed E-state index contributed by atoms with van der Waals surface area (Å²) >= 11 is 3.43. The zero-order chi connectivity index (χ0) is 28.1. The topological polar surface area (TPSA) is 123 Å². The van der Waals surface area contributed by atoms with E-state index in [9.17, 15) is 17.9 Å². The van der Waals surface area contributed by atoms with Crippen molar-refractivity contribution in [3.8, 4) is 5.75 Å². The van der Waals surface area contributed by atoms with Crippen molar-refractivity contribution in [1.29, 1.82) is 0 Å². The highest BCUT2D eigenvalue weighted by molar-refractivity contribution is 7.81. The number of ether oxygens (including phenoxy) is 1. The van der Waals surface area contributed by atoms with Crippen LogP contribution in [0.5, 0.6) is 5.75 Å². The average molecular weight is 572 g/mol. The number of likely N-dealkylation sites (N-methyl/N-ethyl adjacent to an activating group) is 1. The lowest BCUT2D eigenvalue weighted by atomic mass is 10.1. The predicted molar refractivity (Wildman–Crippen MR) is 149 cm³/mol. The first-order valence-corrected chi connectivity index (χ1v) is 13.1. The molecule has 1 unspecified atom stereocenters. The minimum atomic E-state index is -2.95. The van der Waals surface area contributed by atoms with E-state index in [4.69, 9.17) is 16.3 Å². The molecule has 0 spiro atoms. The zero-order valence-corrected chi connectivity index (χ0v) is 22.8. The lowest BCUT2D eigenvalue weighted by Gasteiger charge is -2.28. The van der Waals surface area contributed by atoms with Crippen LogP contribution < -0.4 is 19.7 Å². The fourth-order valence-electron chi connectivity index (χ4n) is 3.65. The van der Waals surface area contributed by atoms with Crippen LogP contribution in [-0.4, -0.2) is 63.8 Å². The monoisotopic (exact) mass is 571 g/mol. The summed E-state index contributed by atoms with van der Waals surface area (Å²) in [6, 6.07) is 15.2. The SMILES string of the molecule is COc1ccc(Cl)c(Nc2nc3ccccc3nc2N(c2ccc(F)c(C(=O)NCCN(C)C)c2)S(=O)[O-])c1. The van der Waals surface area contributed by atoms with Crippen LogP contribution in [0.2, 0.25) is 5.02 Å². The predicted octanol–water partition coefficient (Wildman–Crippen LogP) is 4.40. The van der Waals surface area contributed by atoms with Crippen molar-refractivity contribution in [2.75, 3.05) is 43.9 Å². The molecule has 0 saturated carbocycles. The summed E-state index contributed by atoms with van der Waals surface area (Å²) in [4.78, 5) is 23.7. The summed E-state index contributed by atoms with van der Waals surface area (Å²) in [6.07, 6.45) is 0. The lowest BCUT2D eigenvalue weighted by Crippen LogP contribution is -2.32. The Labute approximate surface area is 232 Å². The van der Waals surface area contributed by atoms with Gasteiger partial charge in [-0.1, -0.05) is 23.7 Å². The number of nitrogens with zero attached hydrogens (tertiary/aromatic N) is 4. The molecule has 0 aliphatic heterocycles. The summed E-state index contributed by atoms with van der Waals surface area (Å²) in [6.45, 7) is 0.816. The number of halogens is 2. The van der Waals surface area contributed by atoms with Crippen molar-refractivity contribution >= 4 is 62.8 Å². The Morgan fingerprint density at radius 3 is 2.49 bits per heavy atom. The maximum atomic E-state index is 14.7. The van der Waals surface area contributed by atoms with Gasteiger partial charge < -0.3 is 24.8 Å². The van der Waals surface area contributed by atoms with E-state index in [1.165, 1.54) is 13.2 Å². The molecule has 2 N–H and O–H groups in total. The molecular weight excluding hydrogens is 547 g/mol. The normalized spacial score (nSPS) is 11.9. The van der Waals surface area contributed by atoms with Crippen LogP contribution in [-0.2, 0) is 11.3 Å². The van der Waals surface area contributed by atoms with Gasteiger partial charge in [-0.2, -0.15) is 0 Å². The third-order valence-corrected chi connectivity index (χ3v) is 6.61. The van der Waals surface area contributed by atoms with Crippen molar-refractivity contribution in [3.05, 3.63) is 77.1 Å². The van der Waals surface area contributed by atoms with E-state index in [1.807, 2.05) is 19.0 Å². The fourth-order valence-corrected chi connectivity index (χ4v) is 4.37. The molecule has 0 aliphatic carbocycles. The molecule has 0 aliphatic rings. The second-order valence-corrected chi connectivity index (χ2v) is 9.80. The largest absolute Gasteiger partial charge is 0.755 e. The van der Waals surface area contributed by atoms with Crippen molar-refractivity contribution in [1.82, 2.24) is 20.2 Å². The van der Waals surface area contributed by atoms with Crippen molar-refractivity contribution in [2.45, 2.75) is 0 Å². The summed E-state index contributed by atoms with van der Waals surface area (Å²) in [5.41, 5.74) is 0.944. The van der Waals surface area contributed by atoms with Gasteiger partial charge in [-0.25, -0.2) is 14.4 Å². The molecule has 1 amide bonds. The summed E-state index contributed by atoms with van der Waals surface area (Å²) in [5, 5.41) is 6.00. The molecule has 4 rings (SSSR count). The molecule has 0 bridgehead atoms. The van der Waals surface area contributed by atoms with Gasteiger partial charge in [0.15, 0.2) is 11.6 Å². The number of nitrogens with one attached hydrogen (secondary N) is 2. The summed E-state index contributed by atoms with van der Waals surface area (Å²) in [5.74, 6) is -1.05. The third-order valence-electron chi connectivity index (χ3n) is 5.59. The Balaban J connectivity index is 1.82. The molecule has 0 radical (unpaired) electrons. The number of aromatic nitrogens is 2. The minimum absolute atomic E-state index is 0.0214. The van der Waals surface area contributed by atoms with Crippen molar-refractivity contribution in [3.63, 3.8) is 0 Å². The second kappa shape index (κ2) is 12.3. The highest BCUT2D eigenvalue weighted by Crippen LogP contribution is 2.37. The van der Waals surface area contributed by atoms with Gasteiger partial charge >= 0.3 is 0 Å². The van der Waals surface area contributed by atoms with Crippen LogP contribution in [0.1, 0.15) is 10.4 Å². The quantitative estimate of drug-likeness (QED) is 0.269. The number of para-hydroxylation sites is 2. The van der Waals surface area contributed by atoms with E-state index in [2.05, 4.69) is 20.6 Å². The molecule has 3 aromatic carbocycles. The van der Waals surface area contributed by atoms with Gasteiger partial charge in [-0.05, 0) is 56.6 Å². The Morgan fingerprint density at radius 2 is 1.82 bits per heavy atom. The molecule has 1 heterocycles. The Hall–Kier alpha value is -3.84. The highest BCUT2D eigenvalue weighted by atomic mass is 35.5. The van der Waals surface area contributed by atoms with E-state index in [0.29, 0.717) is 34.0 Å². The molecule has 39 heavy (non-hydrogen) atoms. The van der Waals surface area contributed by atoms with E-state index < -0.39 is 23.0 Å². The number of benzene rings is 3. The van der Waals surface area contributed by atoms with E-state index in [0.717, 1.165) is 16.4 Å². The third kappa shape index (κ3) is 6.60. The maximum absolute atomic E-state index is 14.7. The number of hydrogen-bond acceptors (Lipinski definition) is 8. The van der Waals surface area contributed by atoms with E-state index >= 15 is 0 Å². The number of methoxy groups -OCH3 is 1. The molecular formula is C26H25ClFN6O4S-. The smallest absolute Gasteiger partial charge is 0.254 e. The van der Waals surface area contributed by atoms with Crippen molar-refractivity contribution in [2.24, 2.45) is 0 Å². The van der Waals surface area contributed by atoms with Gasteiger partial charge in [0.2, 0.25) is 0 Å². The molecule has 1 atom stereocenters.